The van der Waals surface area contributed by atoms with Crippen molar-refractivity contribution in [1.82, 2.24) is 9.97 Å². The molecule has 9 nitrogen and oxygen atoms in total. The quantitative estimate of drug-likeness (QED) is 0.168. The molecule has 0 fully saturated rings. The summed E-state index contributed by atoms with van der Waals surface area (Å²) in [6, 6.07) is 6.12. The van der Waals surface area contributed by atoms with Crippen molar-refractivity contribution in [2.45, 2.75) is 59.9 Å². The number of rotatable bonds is 11. The van der Waals surface area contributed by atoms with E-state index < -0.39 is 29.5 Å². The van der Waals surface area contributed by atoms with Gasteiger partial charge in [0.2, 0.25) is 5.78 Å². The number of esters is 1. The molecule has 3 aromatic rings. The molecule has 2 aromatic heterocycles. The Labute approximate surface area is 235 Å². The molecule has 39 heavy (non-hydrogen) atoms. The smallest absolute Gasteiger partial charge is 0.350 e. The molecule has 3 heterocycles. The average Bonchev–Trinajstić information content (AvgIpc) is 3.54. The second kappa shape index (κ2) is 12.1. The van der Waals surface area contributed by atoms with Crippen LogP contribution in [0.3, 0.4) is 0 Å². The average molecular weight is 570 g/mol. The van der Waals surface area contributed by atoms with Crippen molar-refractivity contribution in [3.05, 3.63) is 67.3 Å². The second-order valence-electron chi connectivity index (χ2n) is 9.07. The highest BCUT2D eigenvalue weighted by Crippen LogP contribution is 2.44. The van der Waals surface area contributed by atoms with Gasteiger partial charge in [-0.2, -0.15) is 0 Å². The SMILES string of the molecule is CCCCCOc1ccc(C2C(C(=O)c3sc(C)nc3C)=C(O)C(=O)N2c2nc(C)c(C(=O)OCC)s2)cc1. The number of ether oxygens (including phenoxy) is 2. The number of benzene rings is 1. The Morgan fingerprint density at radius 1 is 1.00 bits per heavy atom. The molecule has 1 aliphatic rings. The number of hydrogen-bond donors (Lipinski definition) is 1. The first-order chi connectivity index (χ1) is 18.7. The number of carbonyl (C=O) groups excluding carboxylic acids is 3. The van der Waals surface area contributed by atoms with E-state index in [1.54, 1.807) is 52.0 Å². The molecule has 1 aromatic carbocycles. The number of Topliss-reactive ketones (excluding diaryl/α,β-unsaturated/α-hetero) is 1. The van der Waals surface area contributed by atoms with Crippen molar-refractivity contribution in [2.24, 2.45) is 0 Å². The zero-order valence-electron chi connectivity index (χ0n) is 22.6. The van der Waals surface area contributed by atoms with Crippen LogP contribution in [-0.2, 0) is 9.53 Å². The number of unbranched alkanes of at least 4 members (excludes halogenated alkanes) is 2. The minimum absolute atomic E-state index is 0.0612. The van der Waals surface area contributed by atoms with Gasteiger partial charge in [-0.05, 0) is 51.8 Å². The fourth-order valence-electron chi connectivity index (χ4n) is 4.37. The number of thiazole rings is 2. The summed E-state index contributed by atoms with van der Waals surface area (Å²) in [6.45, 7) is 9.77. The van der Waals surface area contributed by atoms with Crippen molar-refractivity contribution >= 4 is 45.5 Å². The molecule has 0 bridgehead atoms. The van der Waals surface area contributed by atoms with Gasteiger partial charge in [0, 0.05) is 0 Å². The number of aliphatic hydroxyl groups excluding tert-OH is 1. The van der Waals surface area contributed by atoms with E-state index in [-0.39, 0.29) is 22.2 Å². The third-order valence-electron chi connectivity index (χ3n) is 6.23. The van der Waals surface area contributed by atoms with Gasteiger partial charge in [0.25, 0.3) is 5.91 Å². The van der Waals surface area contributed by atoms with E-state index in [0.717, 1.165) is 30.6 Å². The van der Waals surface area contributed by atoms with Crippen LogP contribution < -0.4 is 9.64 Å². The Morgan fingerprint density at radius 2 is 1.69 bits per heavy atom. The fraction of sp³-hybridized carbons (Fsp3) is 0.393. The van der Waals surface area contributed by atoms with E-state index in [1.807, 2.05) is 0 Å². The summed E-state index contributed by atoms with van der Waals surface area (Å²) in [6.07, 6.45) is 3.11. The second-order valence-corrected chi connectivity index (χ2v) is 11.3. The molecule has 4 rings (SSSR count). The van der Waals surface area contributed by atoms with Gasteiger partial charge in [-0.3, -0.25) is 14.5 Å². The summed E-state index contributed by atoms with van der Waals surface area (Å²) in [5, 5.41) is 11.9. The zero-order chi connectivity index (χ0) is 28.3. The molecule has 1 unspecified atom stereocenters. The first kappa shape index (κ1) is 28.4. The van der Waals surface area contributed by atoms with Gasteiger partial charge in [-0.25, -0.2) is 14.8 Å². The predicted octanol–water partition coefficient (Wildman–Crippen LogP) is 6.05. The standard InChI is InChI=1S/C28H31N3O6S2/c1-6-8-9-14-37-19-12-10-18(11-13-19)21-20(22(32)24-15(3)29-17(5)38-24)23(33)26(34)31(21)28-30-16(4)25(39-28)27(35)36-7-2/h10-13,21,33H,6-9,14H2,1-5H3. The molecule has 0 aliphatic carbocycles. The Morgan fingerprint density at radius 3 is 2.31 bits per heavy atom. The van der Waals surface area contributed by atoms with E-state index in [2.05, 4.69) is 16.9 Å². The van der Waals surface area contributed by atoms with Crippen LogP contribution in [-0.4, -0.2) is 45.9 Å². The lowest BCUT2D eigenvalue weighted by Gasteiger charge is -2.24. The van der Waals surface area contributed by atoms with E-state index in [4.69, 9.17) is 9.47 Å². The summed E-state index contributed by atoms with van der Waals surface area (Å²) >= 11 is 2.19. The van der Waals surface area contributed by atoms with Crippen LogP contribution in [0, 0.1) is 20.8 Å². The van der Waals surface area contributed by atoms with E-state index in [0.29, 0.717) is 39.2 Å². The first-order valence-corrected chi connectivity index (χ1v) is 14.4. The van der Waals surface area contributed by atoms with E-state index >= 15 is 0 Å². The highest BCUT2D eigenvalue weighted by Gasteiger charge is 2.46. The third kappa shape index (κ3) is 5.74. The molecular formula is C28H31N3O6S2. The molecule has 1 atom stereocenters. The molecule has 0 spiro atoms. The third-order valence-corrected chi connectivity index (χ3v) is 8.44. The monoisotopic (exact) mass is 569 g/mol. The van der Waals surface area contributed by atoms with Crippen LogP contribution in [0.2, 0.25) is 0 Å². The molecular weight excluding hydrogens is 538 g/mol. The lowest BCUT2D eigenvalue weighted by atomic mass is 9.95. The van der Waals surface area contributed by atoms with Crippen molar-refractivity contribution in [3.63, 3.8) is 0 Å². The number of carbonyl (C=O) groups is 3. The van der Waals surface area contributed by atoms with Gasteiger partial charge in [0.15, 0.2) is 10.9 Å². The molecule has 0 saturated heterocycles. The minimum atomic E-state index is -0.971. The lowest BCUT2D eigenvalue weighted by molar-refractivity contribution is -0.117. The van der Waals surface area contributed by atoms with E-state index in [9.17, 15) is 19.5 Å². The number of aliphatic hydroxyl groups is 1. The summed E-state index contributed by atoms with van der Waals surface area (Å²) in [4.78, 5) is 50.4. The van der Waals surface area contributed by atoms with Crippen LogP contribution in [0.4, 0.5) is 5.13 Å². The van der Waals surface area contributed by atoms with Crippen molar-refractivity contribution in [3.8, 4) is 5.75 Å². The minimum Gasteiger partial charge on any atom is -0.503 e. The summed E-state index contributed by atoms with van der Waals surface area (Å²) < 4.78 is 11.0. The number of amides is 1. The van der Waals surface area contributed by atoms with Crippen LogP contribution in [0.25, 0.3) is 0 Å². The van der Waals surface area contributed by atoms with Gasteiger partial charge < -0.3 is 14.6 Å². The lowest BCUT2D eigenvalue weighted by Crippen LogP contribution is -2.31. The van der Waals surface area contributed by atoms with E-state index in [1.165, 1.54) is 16.2 Å². The highest BCUT2D eigenvalue weighted by atomic mass is 32.1. The summed E-state index contributed by atoms with van der Waals surface area (Å²) in [5.41, 5.74) is 1.44. The van der Waals surface area contributed by atoms with Gasteiger partial charge in [-0.1, -0.05) is 43.2 Å². The molecule has 1 N–H and O–H groups in total. The predicted molar refractivity (Wildman–Crippen MR) is 150 cm³/mol. The topological polar surface area (TPSA) is 119 Å². The summed E-state index contributed by atoms with van der Waals surface area (Å²) in [7, 11) is 0. The maximum Gasteiger partial charge on any atom is 0.350 e. The number of nitrogens with zero attached hydrogens (tertiary/aromatic N) is 3. The fourth-order valence-corrected chi connectivity index (χ4v) is 6.24. The highest BCUT2D eigenvalue weighted by molar-refractivity contribution is 7.17. The number of aryl methyl sites for hydroxylation is 3. The Balaban J connectivity index is 1.77. The molecule has 1 amide bonds. The number of aromatic nitrogens is 2. The summed E-state index contributed by atoms with van der Waals surface area (Å²) in [5.74, 6) is -1.78. The Bertz CT molecular complexity index is 1420. The van der Waals surface area contributed by atoms with Gasteiger partial charge in [-0.15, -0.1) is 11.3 Å². The first-order valence-electron chi connectivity index (χ1n) is 12.8. The maximum atomic E-state index is 13.8. The normalized spacial score (nSPS) is 15.3. The Kier molecular flexibility index (Phi) is 8.81. The van der Waals surface area contributed by atoms with Crippen LogP contribution in [0.15, 0.2) is 35.6 Å². The van der Waals surface area contributed by atoms with Gasteiger partial charge in [0.1, 0.15) is 10.6 Å². The zero-order valence-corrected chi connectivity index (χ0v) is 24.2. The molecule has 11 heteroatoms. The van der Waals surface area contributed by atoms with Crippen LogP contribution in [0.5, 0.6) is 5.75 Å². The van der Waals surface area contributed by atoms with Gasteiger partial charge in [0.05, 0.1) is 46.1 Å². The van der Waals surface area contributed by atoms with Crippen LogP contribution >= 0.6 is 22.7 Å². The Hall–Kier alpha value is -3.57. The van der Waals surface area contributed by atoms with Crippen LogP contribution in [0.1, 0.15) is 80.5 Å². The maximum absolute atomic E-state index is 13.8. The number of anilines is 1. The molecule has 206 valence electrons. The number of ketones is 1. The van der Waals surface area contributed by atoms with Crippen molar-refractivity contribution in [1.29, 1.82) is 0 Å². The molecule has 1 aliphatic heterocycles. The van der Waals surface area contributed by atoms with Gasteiger partial charge >= 0.3 is 5.97 Å². The van der Waals surface area contributed by atoms with Crippen molar-refractivity contribution < 1.29 is 29.0 Å². The number of hydrogen-bond acceptors (Lipinski definition) is 10. The molecule has 0 radical (unpaired) electrons. The molecule has 0 saturated carbocycles. The van der Waals surface area contributed by atoms with Crippen molar-refractivity contribution in [2.75, 3.05) is 18.1 Å². The largest absolute Gasteiger partial charge is 0.503 e.